The molecule has 0 saturated heterocycles. The number of nitrogens with two attached hydrogens (primary N) is 1. The highest BCUT2D eigenvalue weighted by Crippen LogP contribution is 2.31. The van der Waals surface area contributed by atoms with Crippen LogP contribution in [-0.4, -0.2) is 0 Å². The molecule has 55 valence electrons. The molecule has 1 heterocycles. The molecule has 1 aromatic rings. The van der Waals surface area contributed by atoms with Gasteiger partial charge in [-0.1, -0.05) is 11.6 Å². The van der Waals surface area contributed by atoms with Gasteiger partial charge in [0.2, 0.25) is 6.17 Å². The standard InChI is InChI=1S/C8H8N3/c1-5-2-3-7-6(4-5)8(9)11-10-7/h2-4H,9H2,1H3. The van der Waals surface area contributed by atoms with E-state index in [4.69, 9.17) is 5.73 Å². The number of aryl methyl sites for hydroxylation is 1. The molecule has 3 nitrogen and oxygen atoms in total. The van der Waals surface area contributed by atoms with Gasteiger partial charge in [-0.3, -0.25) is 5.73 Å². The number of azo groups is 1. The van der Waals surface area contributed by atoms with E-state index in [0.29, 0.717) is 6.17 Å². The summed E-state index contributed by atoms with van der Waals surface area (Å²) in [6.45, 7) is 2.02. The first-order chi connectivity index (χ1) is 5.27. The minimum Gasteiger partial charge on any atom is -0.298 e. The molecule has 1 aliphatic rings. The molecule has 2 rings (SSSR count). The fraction of sp³-hybridized carbons (Fsp3) is 0.125. The van der Waals surface area contributed by atoms with Gasteiger partial charge in [0.1, 0.15) is 0 Å². The lowest BCUT2D eigenvalue weighted by molar-refractivity contribution is 1.02. The summed E-state index contributed by atoms with van der Waals surface area (Å²) in [6, 6.07) is 5.91. The SMILES string of the molecule is Cc1ccc2c(c1)[C](N)N=N2. The van der Waals surface area contributed by atoms with E-state index in [1.54, 1.807) is 0 Å². The molecule has 0 unspecified atom stereocenters. The highest BCUT2D eigenvalue weighted by molar-refractivity contribution is 5.55. The minimum absolute atomic E-state index is 0.517. The summed E-state index contributed by atoms with van der Waals surface area (Å²) in [5.74, 6) is 0. The summed E-state index contributed by atoms with van der Waals surface area (Å²) in [6.07, 6.45) is 0.517. The van der Waals surface area contributed by atoms with Crippen molar-refractivity contribution in [1.82, 2.24) is 0 Å². The summed E-state index contributed by atoms with van der Waals surface area (Å²) in [5, 5.41) is 7.65. The molecule has 0 amide bonds. The van der Waals surface area contributed by atoms with Crippen molar-refractivity contribution in [2.75, 3.05) is 0 Å². The third-order valence-corrected chi connectivity index (χ3v) is 1.69. The zero-order chi connectivity index (χ0) is 7.84. The van der Waals surface area contributed by atoms with Crippen LogP contribution in [0.2, 0.25) is 0 Å². The van der Waals surface area contributed by atoms with E-state index in [2.05, 4.69) is 10.2 Å². The van der Waals surface area contributed by atoms with Gasteiger partial charge in [0.25, 0.3) is 0 Å². The molecule has 11 heavy (non-hydrogen) atoms. The maximum atomic E-state index is 5.57. The molecule has 0 fully saturated rings. The smallest absolute Gasteiger partial charge is 0.202 e. The van der Waals surface area contributed by atoms with Gasteiger partial charge in [0, 0.05) is 5.56 Å². The molecule has 0 saturated carbocycles. The van der Waals surface area contributed by atoms with E-state index in [1.165, 1.54) is 5.56 Å². The van der Waals surface area contributed by atoms with Crippen molar-refractivity contribution in [3.05, 3.63) is 35.5 Å². The molecule has 1 aromatic carbocycles. The second-order valence-electron chi connectivity index (χ2n) is 2.61. The largest absolute Gasteiger partial charge is 0.298 e. The van der Waals surface area contributed by atoms with Gasteiger partial charge < -0.3 is 0 Å². The fourth-order valence-corrected chi connectivity index (χ4v) is 1.10. The predicted octanol–water partition coefficient (Wildman–Crippen LogP) is 1.89. The van der Waals surface area contributed by atoms with Gasteiger partial charge in [-0.05, 0) is 19.1 Å². The average Bonchev–Trinajstić information content (AvgIpc) is 2.33. The van der Waals surface area contributed by atoms with Crippen molar-refractivity contribution >= 4 is 5.69 Å². The van der Waals surface area contributed by atoms with Gasteiger partial charge in [-0.15, -0.1) is 0 Å². The molecular weight excluding hydrogens is 138 g/mol. The third kappa shape index (κ3) is 0.935. The summed E-state index contributed by atoms with van der Waals surface area (Å²) in [5.41, 5.74) is 8.57. The van der Waals surface area contributed by atoms with Crippen LogP contribution in [0.5, 0.6) is 0 Å². The Morgan fingerprint density at radius 3 is 2.91 bits per heavy atom. The Morgan fingerprint density at radius 1 is 1.27 bits per heavy atom. The maximum Gasteiger partial charge on any atom is 0.202 e. The van der Waals surface area contributed by atoms with Crippen LogP contribution >= 0.6 is 0 Å². The topological polar surface area (TPSA) is 50.7 Å². The Balaban J connectivity index is 2.58. The molecule has 3 heteroatoms. The minimum atomic E-state index is 0.517. The predicted molar refractivity (Wildman–Crippen MR) is 42.2 cm³/mol. The normalized spacial score (nSPS) is 15.5. The third-order valence-electron chi connectivity index (χ3n) is 1.69. The maximum absolute atomic E-state index is 5.57. The van der Waals surface area contributed by atoms with E-state index in [0.717, 1.165) is 11.3 Å². The van der Waals surface area contributed by atoms with Gasteiger partial charge in [-0.2, -0.15) is 10.2 Å². The fourth-order valence-electron chi connectivity index (χ4n) is 1.10. The summed E-state index contributed by atoms with van der Waals surface area (Å²) < 4.78 is 0. The second-order valence-corrected chi connectivity index (χ2v) is 2.61. The van der Waals surface area contributed by atoms with E-state index in [1.807, 2.05) is 25.1 Å². The highest BCUT2D eigenvalue weighted by Gasteiger charge is 2.16. The number of benzene rings is 1. The molecule has 0 aromatic heterocycles. The van der Waals surface area contributed by atoms with Crippen molar-refractivity contribution < 1.29 is 0 Å². The number of hydrogen-bond donors (Lipinski definition) is 1. The van der Waals surface area contributed by atoms with Gasteiger partial charge in [0.15, 0.2) is 0 Å². The lowest BCUT2D eigenvalue weighted by Gasteiger charge is -1.99. The zero-order valence-electron chi connectivity index (χ0n) is 6.20. The first-order valence-electron chi connectivity index (χ1n) is 3.42. The van der Waals surface area contributed by atoms with Crippen molar-refractivity contribution in [2.24, 2.45) is 16.0 Å². The van der Waals surface area contributed by atoms with Crippen LogP contribution in [0.15, 0.2) is 28.4 Å². The lowest BCUT2D eigenvalue weighted by atomic mass is 10.1. The quantitative estimate of drug-likeness (QED) is 0.597. The van der Waals surface area contributed by atoms with Gasteiger partial charge in [0.05, 0.1) is 5.69 Å². The Morgan fingerprint density at radius 2 is 2.09 bits per heavy atom. The van der Waals surface area contributed by atoms with Gasteiger partial charge >= 0.3 is 0 Å². The first-order valence-corrected chi connectivity index (χ1v) is 3.42. The van der Waals surface area contributed by atoms with Crippen molar-refractivity contribution in [3.63, 3.8) is 0 Å². The van der Waals surface area contributed by atoms with Crippen LogP contribution in [0, 0.1) is 13.1 Å². The first kappa shape index (κ1) is 6.49. The number of hydrogen-bond acceptors (Lipinski definition) is 3. The van der Waals surface area contributed by atoms with Crippen LogP contribution in [0.4, 0.5) is 5.69 Å². The molecule has 0 bridgehead atoms. The molecule has 2 N–H and O–H groups in total. The molecule has 0 atom stereocenters. The Kier molecular flexibility index (Phi) is 1.26. The van der Waals surface area contributed by atoms with E-state index in [-0.39, 0.29) is 0 Å². The van der Waals surface area contributed by atoms with Crippen LogP contribution < -0.4 is 5.73 Å². The summed E-state index contributed by atoms with van der Waals surface area (Å²) in [7, 11) is 0. The van der Waals surface area contributed by atoms with E-state index >= 15 is 0 Å². The van der Waals surface area contributed by atoms with Crippen molar-refractivity contribution in [1.29, 1.82) is 0 Å². The average molecular weight is 146 g/mol. The molecule has 1 aliphatic heterocycles. The van der Waals surface area contributed by atoms with Crippen molar-refractivity contribution in [2.45, 2.75) is 6.92 Å². The van der Waals surface area contributed by atoms with Gasteiger partial charge in [-0.25, -0.2) is 0 Å². The monoisotopic (exact) mass is 146 g/mol. The highest BCUT2D eigenvalue weighted by atomic mass is 15.2. The second kappa shape index (κ2) is 2.13. The van der Waals surface area contributed by atoms with Crippen molar-refractivity contribution in [3.8, 4) is 0 Å². The molecule has 1 radical (unpaired) electrons. The lowest BCUT2D eigenvalue weighted by Crippen LogP contribution is -2.04. The summed E-state index contributed by atoms with van der Waals surface area (Å²) in [4.78, 5) is 0. The van der Waals surface area contributed by atoms with Crippen LogP contribution in [0.3, 0.4) is 0 Å². The number of nitrogens with zero attached hydrogens (tertiary/aromatic N) is 2. The molecule has 0 aliphatic carbocycles. The van der Waals surface area contributed by atoms with Crippen LogP contribution in [-0.2, 0) is 0 Å². The molecule has 0 spiro atoms. The van der Waals surface area contributed by atoms with E-state index in [9.17, 15) is 0 Å². The van der Waals surface area contributed by atoms with Crippen LogP contribution in [0.25, 0.3) is 0 Å². The Hall–Kier alpha value is -1.22. The zero-order valence-corrected chi connectivity index (χ0v) is 6.20. The van der Waals surface area contributed by atoms with Crippen LogP contribution in [0.1, 0.15) is 11.1 Å². The summed E-state index contributed by atoms with van der Waals surface area (Å²) >= 11 is 0. The number of fused-ring (bicyclic) bond motifs is 1. The Bertz CT molecular complexity index is 317. The van der Waals surface area contributed by atoms with E-state index < -0.39 is 0 Å². The Labute approximate surface area is 64.9 Å². The number of rotatable bonds is 0. The molecular formula is C8H8N3.